The van der Waals surface area contributed by atoms with Gasteiger partial charge in [0.2, 0.25) is 0 Å². The van der Waals surface area contributed by atoms with Crippen LogP contribution in [0.5, 0.6) is 5.75 Å². The topological polar surface area (TPSA) is 38.3 Å². The molecule has 1 unspecified atom stereocenters. The molecule has 0 radical (unpaired) electrons. The van der Waals surface area contributed by atoms with Crippen LogP contribution >= 0.6 is 15.9 Å². The van der Waals surface area contributed by atoms with Gasteiger partial charge in [-0.05, 0) is 50.5 Å². The number of benzene rings is 1. The monoisotopic (exact) mass is 327 g/mol. The third-order valence-electron chi connectivity index (χ3n) is 3.14. The van der Waals surface area contributed by atoms with Crippen molar-refractivity contribution in [1.82, 2.24) is 5.32 Å². The summed E-state index contributed by atoms with van der Waals surface area (Å²) in [5.41, 5.74) is 1.09. The molecule has 106 valence electrons. The lowest BCUT2D eigenvalue weighted by molar-refractivity contribution is -0.128. The lowest BCUT2D eigenvalue weighted by Crippen LogP contribution is -2.42. The highest BCUT2D eigenvalue weighted by Gasteiger charge is 2.17. The second-order valence-corrected chi connectivity index (χ2v) is 5.55. The van der Waals surface area contributed by atoms with E-state index in [4.69, 9.17) is 4.74 Å². The van der Waals surface area contributed by atoms with Crippen molar-refractivity contribution < 1.29 is 9.53 Å². The molecule has 1 rings (SSSR count). The summed E-state index contributed by atoms with van der Waals surface area (Å²) in [6.07, 6.45) is 1.39. The number of carbonyl (C=O) groups is 1. The maximum absolute atomic E-state index is 12.0. The molecule has 4 heteroatoms. The molecule has 0 bridgehead atoms. The van der Waals surface area contributed by atoms with Gasteiger partial charge in [-0.1, -0.05) is 29.8 Å². The Bertz CT molecular complexity index is 430. The van der Waals surface area contributed by atoms with Crippen molar-refractivity contribution in [1.29, 1.82) is 0 Å². The molecule has 1 aromatic carbocycles. The lowest BCUT2D eigenvalue weighted by atomic mass is 10.1. The summed E-state index contributed by atoms with van der Waals surface area (Å²) < 4.78 is 6.71. The molecule has 1 N–H and O–H groups in total. The zero-order valence-electron chi connectivity index (χ0n) is 12.0. The fourth-order valence-electron chi connectivity index (χ4n) is 1.76. The van der Waals surface area contributed by atoms with Crippen molar-refractivity contribution in [2.75, 3.05) is 0 Å². The van der Waals surface area contributed by atoms with E-state index < -0.39 is 6.10 Å². The maximum atomic E-state index is 12.0. The molecule has 0 aliphatic rings. The summed E-state index contributed by atoms with van der Waals surface area (Å²) >= 11 is 3.44. The van der Waals surface area contributed by atoms with Crippen molar-refractivity contribution in [3.63, 3.8) is 0 Å². The van der Waals surface area contributed by atoms with Gasteiger partial charge >= 0.3 is 0 Å². The summed E-state index contributed by atoms with van der Waals surface area (Å²) in [4.78, 5) is 12.0. The highest BCUT2D eigenvalue weighted by atomic mass is 79.9. The van der Waals surface area contributed by atoms with Crippen LogP contribution in [0, 0.1) is 6.92 Å². The quantitative estimate of drug-likeness (QED) is 0.862. The minimum Gasteiger partial charge on any atom is -0.481 e. The number of ether oxygens (including phenoxy) is 1. The van der Waals surface area contributed by atoms with Crippen LogP contribution < -0.4 is 10.1 Å². The molecule has 0 fully saturated rings. The van der Waals surface area contributed by atoms with E-state index in [1.165, 1.54) is 0 Å². The number of hydrogen-bond donors (Lipinski definition) is 1. The number of carbonyl (C=O) groups excluding carboxylic acids is 1. The fraction of sp³-hybridized carbons (Fsp3) is 0.533. The van der Waals surface area contributed by atoms with E-state index in [0.717, 1.165) is 22.9 Å². The largest absolute Gasteiger partial charge is 0.481 e. The van der Waals surface area contributed by atoms with Crippen molar-refractivity contribution in [3.05, 3.63) is 28.2 Å². The van der Waals surface area contributed by atoms with Crippen molar-refractivity contribution in [2.24, 2.45) is 0 Å². The van der Waals surface area contributed by atoms with Crippen molar-refractivity contribution in [2.45, 2.75) is 52.7 Å². The molecular formula is C15H22BrNO2. The SMILES string of the molecule is CCC(CC)NC(=O)C(C)Oc1ccc(Br)c(C)c1. The van der Waals surface area contributed by atoms with Gasteiger partial charge in [0.15, 0.2) is 6.10 Å². The van der Waals surface area contributed by atoms with Crippen molar-refractivity contribution in [3.8, 4) is 5.75 Å². The van der Waals surface area contributed by atoms with Crippen LogP contribution in [-0.2, 0) is 4.79 Å². The molecule has 0 heterocycles. The molecule has 0 saturated carbocycles. The summed E-state index contributed by atoms with van der Waals surface area (Å²) in [6.45, 7) is 7.90. The highest BCUT2D eigenvalue weighted by Crippen LogP contribution is 2.22. The maximum Gasteiger partial charge on any atom is 0.260 e. The number of amides is 1. The lowest BCUT2D eigenvalue weighted by Gasteiger charge is -2.19. The predicted molar refractivity (Wildman–Crippen MR) is 81.5 cm³/mol. The van der Waals surface area contributed by atoms with Crippen LogP contribution in [0.3, 0.4) is 0 Å². The van der Waals surface area contributed by atoms with E-state index in [0.29, 0.717) is 5.75 Å². The molecule has 0 aliphatic carbocycles. The van der Waals surface area contributed by atoms with E-state index in [1.807, 2.05) is 25.1 Å². The highest BCUT2D eigenvalue weighted by molar-refractivity contribution is 9.10. The van der Waals surface area contributed by atoms with E-state index in [-0.39, 0.29) is 11.9 Å². The number of nitrogens with one attached hydrogen (secondary N) is 1. The Morgan fingerprint density at radius 3 is 2.53 bits per heavy atom. The average Bonchev–Trinajstić information content (AvgIpc) is 2.39. The third kappa shape index (κ3) is 4.86. The van der Waals surface area contributed by atoms with Gasteiger partial charge in [0.05, 0.1) is 0 Å². The average molecular weight is 328 g/mol. The first-order chi connectivity index (χ1) is 8.97. The third-order valence-corrected chi connectivity index (χ3v) is 4.03. The first kappa shape index (κ1) is 16.0. The summed E-state index contributed by atoms with van der Waals surface area (Å²) in [5, 5.41) is 2.99. The molecule has 1 aromatic rings. The second kappa shape index (κ2) is 7.53. The van der Waals surface area contributed by atoms with Gasteiger partial charge in [-0.2, -0.15) is 0 Å². The molecule has 1 amide bonds. The smallest absolute Gasteiger partial charge is 0.260 e. The Hall–Kier alpha value is -1.03. The standard InChI is InChI=1S/C15H22BrNO2/c1-5-12(6-2)17-15(18)11(4)19-13-7-8-14(16)10(3)9-13/h7-9,11-12H,5-6H2,1-4H3,(H,17,18). The van der Waals surface area contributed by atoms with E-state index in [1.54, 1.807) is 6.92 Å². The van der Waals surface area contributed by atoms with Gasteiger partial charge in [0, 0.05) is 10.5 Å². The van der Waals surface area contributed by atoms with Crippen LogP contribution in [0.25, 0.3) is 0 Å². The van der Waals surface area contributed by atoms with Crippen LogP contribution in [0.2, 0.25) is 0 Å². The van der Waals surface area contributed by atoms with Gasteiger partial charge in [0.25, 0.3) is 5.91 Å². The van der Waals surface area contributed by atoms with Gasteiger partial charge in [0.1, 0.15) is 5.75 Å². The summed E-state index contributed by atoms with van der Waals surface area (Å²) in [6, 6.07) is 5.93. The predicted octanol–water partition coefficient (Wildman–Crippen LogP) is 3.83. The molecular weight excluding hydrogens is 306 g/mol. The van der Waals surface area contributed by atoms with Crippen LogP contribution in [0.15, 0.2) is 22.7 Å². The molecule has 0 spiro atoms. The first-order valence-electron chi connectivity index (χ1n) is 6.71. The van der Waals surface area contributed by atoms with Crippen LogP contribution in [-0.4, -0.2) is 18.1 Å². The normalized spacial score (nSPS) is 12.3. The van der Waals surface area contributed by atoms with E-state index >= 15 is 0 Å². The van der Waals surface area contributed by atoms with Crippen molar-refractivity contribution >= 4 is 21.8 Å². The van der Waals surface area contributed by atoms with Gasteiger partial charge in [-0.3, -0.25) is 4.79 Å². The first-order valence-corrected chi connectivity index (χ1v) is 7.50. The molecule has 3 nitrogen and oxygen atoms in total. The Morgan fingerprint density at radius 2 is 2.00 bits per heavy atom. The minimum absolute atomic E-state index is 0.0609. The number of hydrogen-bond acceptors (Lipinski definition) is 2. The van der Waals surface area contributed by atoms with Gasteiger partial charge in [-0.15, -0.1) is 0 Å². The molecule has 1 atom stereocenters. The summed E-state index contributed by atoms with van der Waals surface area (Å²) in [5.74, 6) is 0.655. The fourth-order valence-corrected chi connectivity index (χ4v) is 2.01. The van der Waals surface area contributed by atoms with E-state index in [9.17, 15) is 4.79 Å². The Morgan fingerprint density at radius 1 is 1.37 bits per heavy atom. The van der Waals surface area contributed by atoms with E-state index in [2.05, 4.69) is 35.1 Å². The molecule has 0 aliphatic heterocycles. The minimum atomic E-state index is -0.485. The zero-order valence-corrected chi connectivity index (χ0v) is 13.6. The number of rotatable bonds is 6. The Labute approximate surface area is 123 Å². The number of halogens is 1. The van der Waals surface area contributed by atoms with Crippen LogP contribution in [0.1, 0.15) is 39.2 Å². The molecule has 0 saturated heterocycles. The molecule has 0 aromatic heterocycles. The zero-order chi connectivity index (χ0) is 14.4. The van der Waals surface area contributed by atoms with Gasteiger partial charge < -0.3 is 10.1 Å². The Kier molecular flexibility index (Phi) is 6.35. The second-order valence-electron chi connectivity index (χ2n) is 4.69. The Balaban J connectivity index is 2.60. The summed E-state index contributed by atoms with van der Waals surface area (Å²) in [7, 11) is 0. The number of aryl methyl sites for hydroxylation is 1. The van der Waals surface area contributed by atoms with Crippen LogP contribution in [0.4, 0.5) is 0 Å². The van der Waals surface area contributed by atoms with Gasteiger partial charge in [-0.25, -0.2) is 0 Å². The molecule has 19 heavy (non-hydrogen) atoms.